The van der Waals surface area contributed by atoms with Crippen LogP contribution < -0.4 is 10.6 Å². The number of aryl methyl sites for hydroxylation is 2. The highest BCUT2D eigenvalue weighted by molar-refractivity contribution is 5.91. The first-order chi connectivity index (χ1) is 18.9. The van der Waals surface area contributed by atoms with Gasteiger partial charge in [0.05, 0.1) is 29.0 Å². The molecule has 2 aromatic heterocycles. The van der Waals surface area contributed by atoms with Crippen LogP contribution in [0.5, 0.6) is 0 Å². The van der Waals surface area contributed by atoms with Gasteiger partial charge in [0.25, 0.3) is 5.91 Å². The summed E-state index contributed by atoms with van der Waals surface area (Å²) >= 11 is 0. The molecule has 196 valence electrons. The molecule has 0 radical (unpaired) electrons. The Balaban J connectivity index is 1.47. The molecule has 0 unspecified atom stereocenters. The number of nitrogens with one attached hydrogen (secondary N) is 2. The number of nitrogens with zero attached hydrogens (tertiary/aromatic N) is 5. The summed E-state index contributed by atoms with van der Waals surface area (Å²) in [5.41, 5.74) is 8.15. The van der Waals surface area contributed by atoms with Crippen LogP contribution in [0.15, 0.2) is 85.1 Å². The zero-order chi connectivity index (χ0) is 27.4. The van der Waals surface area contributed by atoms with Crippen LogP contribution in [0.25, 0.3) is 33.8 Å². The molecule has 0 saturated heterocycles. The zero-order valence-corrected chi connectivity index (χ0v) is 22.0. The van der Waals surface area contributed by atoms with E-state index in [1.165, 1.54) is 5.56 Å². The second kappa shape index (κ2) is 11.1. The predicted molar refractivity (Wildman–Crippen MR) is 150 cm³/mol. The van der Waals surface area contributed by atoms with Crippen molar-refractivity contribution >= 4 is 11.8 Å². The number of hydrogen-bond donors (Lipinski definition) is 2. The molecule has 9 heteroatoms. The largest absolute Gasteiger partial charge is 0.359 e. The summed E-state index contributed by atoms with van der Waals surface area (Å²) in [7, 11) is 3.19. The molecule has 2 heterocycles. The van der Waals surface area contributed by atoms with Crippen molar-refractivity contribution in [3.63, 3.8) is 0 Å². The first kappa shape index (κ1) is 25.6. The highest BCUT2D eigenvalue weighted by atomic mass is 16.2. The Morgan fingerprint density at radius 2 is 1.41 bits per heavy atom. The topological polar surface area (TPSA) is 107 Å². The van der Waals surface area contributed by atoms with Crippen LogP contribution in [0, 0.1) is 6.92 Å². The van der Waals surface area contributed by atoms with E-state index in [2.05, 4.69) is 76.4 Å². The fourth-order valence-corrected chi connectivity index (χ4v) is 4.27. The summed E-state index contributed by atoms with van der Waals surface area (Å²) in [6.07, 6.45) is 2.47. The summed E-state index contributed by atoms with van der Waals surface area (Å²) in [5, 5.41) is 18.0. The Morgan fingerprint density at radius 1 is 0.795 bits per heavy atom. The Hall–Kier alpha value is -5.05. The number of rotatable bonds is 8. The van der Waals surface area contributed by atoms with Crippen LogP contribution in [0.4, 0.5) is 0 Å². The van der Waals surface area contributed by atoms with E-state index in [0.29, 0.717) is 12.8 Å². The van der Waals surface area contributed by atoms with Gasteiger partial charge in [-0.3, -0.25) is 9.59 Å². The average Bonchev–Trinajstić information content (AvgIpc) is 3.64. The standard InChI is InChI=1S/C30H29N7O2/c1-20-4-6-21(7-5-20)22-8-10-23(11-9-22)28-18-24(12-17-29(38)31-2)34-37(28)26-15-13-25(14-16-26)36-19-27(33-35-36)30(39)32-3/h4-11,13-16,18-19H,12,17H2,1-3H3,(H,31,38)(H,32,39). The van der Waals surface area contributed by atoms with Crippen LogP contribution in [0.2, 0.25) is 0 Å². The van der Waals surface area contributed by atoms with Gasteiger partial charge in [0.2, 0.25) is 5.91 Å². The second-order valence-electron chi connectivity index (χ2n) is 9.19. The van der Waals surface area contributed by atoms with Crippen LogP contribution in [-0.2, 0) is 11.2 Å². The van der Waals surface area contributed by atoms with Crippen molar-refractivity contribution in [1.29, 1.82) is 0 Å². The smallest absolute Gasteiger partial charge is 0.273 e. The Bertz CT molecular complexity index is 1600. The minimum absolute atomic E-state index is 0.0261. The van der Waals surface area contributed by atoms with Crippen LogP contribution in [-0.4, -0.2) is 50.7 Å². The zero-order valence-electron chi connectivity index (χ0n) is 22.0. The lowest BCUT2D eigenvalue weighted by Crippen LogP contribution is -2.18. The highest BCUT2D eigenvalue weighted by Crippen LogP contribution is 2.28. The van der Waals surface area contributed by atoms with Gasteiger partial charge in [-0.25, -0.2) is 9.36 Å². The van der Waals surface area contributed by atoms with E-state index >= 15 is 0 Å². The quantitative estimate of drug-likeness (QED) is 0.321. The van der Waals surface area contributed by atoms with Gasteiger partial charge in [0.1, 0.15) is 0 Å². The highest BCUT2D eigenvalue weighted by Gasteiger charge is 2.14. The summed E-state index contributed by atoms with van der Waals surface area (Å²) in [6.45, 7) is 2.08. The van der Waals surface area contributed by atoms with Gasteiger partial charge < -0.3 is 10.6 Å². The molecule has 0 bridgehead atoms. The Kier molecular flexibility index (Phi) is 7.31. The van der Waals surface area contributed by atoms with Crippen LogP contribution >= 0.6 is 0 Å². The lowest BCUT2D eigenvalue weighted by Gasteiger charge is -2.10. The molecule has 0 aliphatic heterocycles. The third kappa shape index (κ3) is 5.62. The fourth-order valence-electron chi connectivity index (χ4n) is 4.27. The summed E-state index contributed by atoms with van der Waals surface area (Å²) < 4.78 is 3.44. The summed E-state index contributed by atoms with van der Waals surface area (Å²) in [4.78, 5) is 23.7. The van der Waals surface area contributed by atoms with Gasteiger partial charge in [-0.1, -0.05) is 59.3 Å². The van der Waals surface area contributed by atoms with E-state index < -0.39 is 0 Å². The summed E-state index contributed by atoms with van der Waals surface area (Å²) in [6, 6.07) is 26.6. The van der Waals surface area contributed by atoms with E-state index in [1.54, 1.807) is 25.0 Å². The maximum atomic E-state index is 11.9. The van der Waals surface area contributed by atoms with Gasteiger partial charge in [0, 0.05) is 32.5 Å². The molecule has 0 fully saturated rings. The number of aromatic nitrogens is 5. The SMILES string of the molecule is CNC(=O)CCc1cc(-c2ccc(-c3ccc(C)cc3)cc2)n(-c2ccc(-n3cc(C(=O)NC)nn3)cc2)n1. The number of amides is 2. The monoisotopic (exact) mass is 519 g/mol. The molecule has 0 aliphatic rings. The van der Waals surface area contributed by atoms with Crippen molar-refractivity contribution in [3.05, 3.63) is 102 Å². The van der Waals surface area contributed by atoms with Crippen molar-refractivity contribution in [2.24, 2.45) is 0 Å². The number of hydrogen-bond acceptors (Lipinski definition) is 5. The van der Waals surface area contributed by atoms with E-state index in [9.17, 15) is 9.59 Å². The maximum absolute atomic E-state index is 11.9. The lowest BCUT2D eigenvalue weighted by molar-refractivity contribution is -0.120. The molecular weight excluding hydrogens is 490 g/mol. The molecule has 0 atom stereocenters. The van der Waals surface area contributed by atoms with Crippen molar-refractivity contribution in [2.45, 2.75) is 19.8 Å². The lowest BCUT2D eigenvalue weighted by atomic mass is 10.0. The molecular formula is C30H29N7O2. The van der Waals surface area contributed by atoms with Crippen molar-refractivity contribution < 1.29 is 9.59 Å². The molecule has 2 amide bonds. The molecule has 5 aromatic rings. The van der Waals surface area contributed by atoms with Crippen molar-refractivity contribution in [1.82, 2.24) is 35.4 Å². The molecule has 5 rings (SSSR count). The van der Waals surface area contributed by atoms with Gasteiger partial charge in [-0.05, 0) is 48.4 Å². The minimum atomic E-state index is -0.295. The van der Waals surface area contributed by atoms with E-state index in [4.69, 9.17) is 5.10 Å². The van der Waals surface area contributed by atoms with Gasteiger partial charge in [0.15, 0.2) is 5.69 Å². The van der Waals surface area contributed by atoms with Gasteiger partial charge in [-0.15, -0.1) is 5.10 Å². The number of carbonyl (C=O) groups is 2. The van der Waals surface area contributed by atoms with Crippen molar-refractivity contribution in [2.75, 3.05) is 14.1 Å². The van der Waals surface area contributed by atoms with E-state index in [-0.39, 0.29) is 17.5 Å². The molecule has 9 nitrogen and oxygen atoms in total. The van der Waals surface area contributed by atoms with Crippen LogP contribution in [0.3, 0.4) is 0 Å². The molecule has 0 spiro atoms. The molecule has 39 heavy (non-hydrogen) atoms. The second-order valence-corrected chi connectivity index (χ2v) is 9.19. The first-order valence-electron chi connectivity index (χ1n) is 12.7. The fraction of sp³-hybridized carbons (Fsp3) is 0.167. The maximum Gasteiger partial charge on any atom is 0.273 e. The van der Waals surface area contributed by atoms with E-state index in [1.807, 2.05) is 35.0 Å². The summed E-state index contributed by atoms with van der Waals surface area (Å²) in [5.74, 6) is -0.321. The normalized spacial score (nSPS) is 10.8. The van der Waals surface area contributed by atoms with Crippen molar-refractivity contribution in [3.8, 4) is 33.8 Å². The molecule has 3 aromatic carbocycles. The Labute approximate surface area is 226 Å². The van der Waals surface area contributed by atoms with E-state index in [0.717, 1.165) is 39.5 Å². The molecule has 2 N–H and O–H groups in total. The Morgan fingerprint density at radius 3 is 2.05 bits per heavy atom. The first-order valence-corrected chi connectivity index (χ1v) is 12.7. The third-order valence-electron chi connectivity index (χ3n) is 6.52. The number of carbonyl (C=O) groups excluding carboxylic acids is 2. The molecule has 0 saturated carbocycles. The molecule has 0 aliphatic carbocycles. The predicted octanol–water partition coefficient (Wildman–Crippen LogP) is 4.13. The number of benzene rings is 3. The average molecular weight is 520 g/mol. The minimum Gasteiger partial charge on any atom is -0.359 e. The van der Waals surface area contributed by atoms with Gasteiger partial charge in [-0.2, -0.15) is 5.10 Å². The van der Waals surface area contributed by atoms with Crippen LogP contribution in [0.1, 0.15) is 28.2 Å². The van der Waals surface area contributed by atoms with Gasteiger partial charge >= 0.3 is 0 Å². The third-order valence-corrected chi connectivity index (χ3v) is 6.52.